The van der Waals surface area contributed by atoms with Crippen molar-refractivity contribution >= 4 is 5.82 Å². The topological polar surface area (TPSA) is 16.1 Å². The van der Waals surface area contributed by atoms with Crippen molar-refractivity contribution in [1.82, 2.24) is 4.98 Å². The summed E-state index contributed by atoms with van der Waals surface area (Å²) in [5.74, 6) is 1.99. The number of piperidine rings is 1. The normalized spacial score (nSPS) is 30.4. The fraction of sp³-hybridized carbons (Fsp3) is 0.500. The van der Waals surface area contributed by atoms with Crippen LogP contribution in [0.15, 0.2) is 18.3 Å². The Morgan fingerprint density at radius 3 is 2.85 bits per heavy atom. The molecule has 2 fully saturated rings. The third-order valence-electron chi connectivity index (χ3n) is 3.02. The molecular weight excluding hydrogens is 167 g/mol. The van der Waals surface area contributed by atoms with Crippen molar-refractivity contribution in [2.75, 3.05) is 18.0 Å². The van der Waals surface area contributed by atoms with E-state index in [9.17, 15) is 4.39 Å². The molecule has 1 aromatic heterocycles. The molecule has 68 valence electrons. The lowest BCUT2D eigenvalue weighted by atomic mass is 10.4. The van der Waals surface area contributed by atoms with Crippen LogP contribution < -0.4 is 4.90 Å². The molecule has 1 aromatic rings. The molecule has 1 saturated carbocycles. The van der Waals surface area contributed by atoms with Gasteiger partial charge in [-0.1, -0.05) is 0 Å². The zero-order valence-corrected chi connectivity index (χ0v) is 7.28. The molecule has 2 aliphatic rings. The van der Waals surface area contributed by atoms with Crippen molar-refractivity contribution in [3.05, 3.63) is 24.1 Å². The molecule has 2 heterocycles. The first kappa shape index (κ1) is 7.30. The van der Waals surface area contributed by atoms with Gasteiger partial charge in [-0.2, -0.15) is 0 Å². The highest BCUT2D eigenvalue weighted by Gasteiger charge is 2.45. The lowest BCUT2D eigenvalue weighted by Crippen LogP contribution is -2.23. The summed E-state index contributed by atoms with van der Waals surface area (Å²) in [5.41, 5.74) is 0. The van der Waals surface area contributed by atoms with E-state index in [0.717, 1.165) is 24.9 Å². The van der Waals surface area contributed by atoms with Crippen molar-refractivity contribution < 1.29 is 4.39 Å². The summed E-state index contributed by atoms with van der Waals surface area (Å²) in [4.78, 5) is 6.13. The number of anilines is 1. The van der Waals surface area contributed by atoms with Crippen LogP contribution in [-0.4, -0.2) is 18.1 Å². The quantitative estimate of drug-likeness (QED) is 0.650. The number of pyridine rings is 1. The maximum Gasteiger partial charge on any atom is 0.165 e. The van der Waals surface area contributed by atoms with Crippen LogP contribution in [0.5, 0.6) is 0 Å². The van der Waals surface area contributed by atoms with E-state index in [1.807, 2.05) is 0 Å². The van der Waals surface area contributed by atoms with E-state index in [1.165, 1.54) is 12.5 Å². The standard InChI is InChI=1S/C10H11FN2/c11-9-2-1-3-12-10(9)13-5-7-4-8(7)6-13/h1-3,7-8H,4-6H2/t7-,8+. The van der Waals surface area contributed by atoms with Gasteiger partial charge in [-0.05, 0) is 30.4 Å². The summed E-state index contributed by atoms with van der Waals surface area (Å²) in [6, 6.07) is 3.11. The number of hydrogen-bond donors (Lipinski definition) is 0. The summed E-state index contributed by atoms with van der Waals surface area (Å²) in [6.45, 7) is 2.00. The number of aromatic nitrogens is 1. The number of nitrogens with zero attached hydrogens (tertiary/aromatic N) is 2. The molecule has 0 aromatic carbocycles. The van der Waals surface area contributed by atoms with Crippen molar-refractivity contribution in [3.63, 3.8) is 0 Å². The predicted octanol–water partition coefficient (Wildman–Crippen LogP) is 1.68. The fourth-order valence-corrected chi connectivity index (χ4v) is 2.18. The Morgan fingerprint density at radius 2 is 2.15 bits per heavy atom. The van der Waals surface area contributed by atoms with Gasteiger partial charge >= 0.3 is 0 Å². The summed E-state index contributed by atoms with van der Waals surface area (Å²) in [7, 11) is 0. The highest BCUT2D eigenvalue weighted by molar-refractivity contribution is 5.42. The Balaban J connectivity index is 1.88. The number of fused-ring (bicyclic) bond motifs is 1. The lowest BCUT2D eigenvalue weighted by molar-refractivity contribution is 0.611. The largest absolute Gasteiger partial charge is 0.354 e. The molecule has 0 radical (unpaired) electrons. The van der Waals surface area contributed by atoms with Crippen LogP contribution in [0.25, 0.3) is 0 Å². The van der Waals surface area contributed by atoms with Gasteiger partial charge in [0.05, 0.1) is 0 Å². The third kappa shape index (κ3) is 1.10. The van der Waals surface area contributed by atoms with Crippen molar-refractivity contribution in [2.45, 2.75) is 6.42 Å². The first-order chi connectivity index (χ1) is 6.34. The second-order valence-electron chi connectivity index (χ2n) is 3.97. The molecular formula is C10H11FN2. The van der Waals surface area contributed by atoms with Crippen LogP contribution in [0.1, 0.15) is 6.42 Å². The Morgan fingerprint density at radius 1 is 1.38 bits per heavy atom. The van der Waals surface area contributed by atoms with E-state index in [2.05, 4.69) is 9.88 Å². The summed E-state index contributed by atoms with van der Waals surface area (Å²) in [6.07, 6.45) is 2.99. The Hall–Kier alpha value is -1.12. The molecule has 0 N–H and O–H groups in total. The molecule has 1 aliphatic heterocycles. The number of rotatable bonds is 1. The molecule has 0 spiro atoms. The first-order valence-corrected chi connectivity index (χ1v) is 4.70. The van der Waals surface area contributed by atoms with Crippen molar-refractivity contribution in [2.24, 2.45) is 11.8 Å². The molecule has 0 unspecified atom stereocenters. The first-order valence-electron chi connectivity index (χ1n) is 4.70. The number of halogens is 1. The van der Waals surface area contributed by atoms with Gasteiger partial charge in [0.15, 0.2) is 11.6 Å². The second kappa shape index (κ2) is 2.44. The Bertz CT molecular complexity index is 329. The molecule has 1 aliphatic carbocycles. The molecule has 3 rings (SSSR count). The van der Waals surface area contributed by atoms with E-state index in [-0.39, 0.29) is 5.82 Å². The molecule has 1 saturated heterocycles. The van der Waals surface area contributed by atoms with Gasteiger partial charge in [-0.15, -0.1) is 0 Å². The van der Waals surface area contributed by atoms with Gasteiger partial charge in [0, 0.05) is 19.3 Å². The van der Waals surface area contributed by atoms with Crippen molar-refractivity contribution in [3.8, 4) is 0 Å². The third-order valence-corrected chi connectivity index (χ3v) is 3.02. The molecule has 0 amide bonds. The van der Waals surface area contributed by atoms with Crippen LogP contribution in [0.4, 0.5) is 10.2 Å². The average molecular weight is 178 g/mol. The maximum absolute atomic E-state index is 13.3. The van der Waals surface area contributed by atoms with Crippen LogP contribution in [0.3, 0.4) is 0 Å². The summed E-state index contributed by atoms with van der Waals surface area (Å²) >= 11 is 0. The van der Waals surface area contributed by atoms with Gasteiger partial charge in [0.25, 0.3) is 0 Å². The van der Waals surface area contributed by atoms with E-state index >= 15 is 0 Å². The lowest BCUT2D eigenvalue weighted by Gasteiger charge is -2.18. The van der Waals surface area contributed by atoms with E-state index in [4.69, 9.17) is 0 Å². The minimum absolute atomic E-state index is 0.191. The minimum atomic E-state index is -0.191. The van der Waals surface area contributed by atoms with E-state index < -0.39 is 0 Å². The van der Waals surface area contributed by atoms with E-state index in [1.54, 1.807) is 12.3 Å². The SMILES string of the molecule is Fc1cccnc1N1C[C@H]2C[C@H]2C1. The van der Waals surface area contributed by atoms with Gasteiger partial charge in [0.1, 0.15) is 0 Å². The number of hydrogen-bond acceptors (Lipinski definition) is 2. The highest BCUT2D eigenvalue weighted by Crippen LogP contribution is 2.46. The van der Waals surface area contributed by atoms with Crippen molar-refractivity contribution in [1.29, 1.82) is 0 Å². The zero-order chi connectivity index (χ0) is 8.84. The molecule has 0 bridgehead atoms. The second-order valence-corrected chi connectivity index (χ2v) is 3.97. The highest BCUT2D eigenvalue weighted by atomic mass is 19.1. The van der Waals surface area contributed by atoms with Crippen LogP contribution in [0.2, 0.25) is 0 Å². The molecule has 2 nitrogen and oxygen atoms in total. The molecule has 13 heavy (non-hydrogen) atoms. The summed E-state index contributed by atoms with van der Waals surface area (Å²) < 4.78 is 13.3. The smallest absolute Gasteiger partial charge is 0.165 e. The van der Waals surface area contributed by atoms with Gasteiger partial charge in [-0.25, -0.2) is 9.37 Å². The average Bonchev–Trinajstić information content (AvgIpc) is 2.75. The maximum atomic E-state index is 13.3. The summed E-state index contributed by atoms with van der Waals surface area (Å²) in [5, 5.41) is 0. The van der Waals surface area contributed by atoms with E-state index in [0.29, 0.717) is 5.82 Å². The predicted molar refractivity (Wildman–Crippen MR) is 48.0 cm³/mol. The Kier molecular flexibility index (Phi) is 1.37. The Labute approximate surface area is 76.4 Å². The zero-order valence-electron chi connectivity index (χ0n) is 7.28. The fourth-order valence-electron chi connectivity index (χ4n) is 2.18. The monoisotopic (exact) mass is 178 g/mol. The van der Waals surface area contributed by atoms with Gasteiger partial charge in [-0.3, -0.25) is 0 Å². The van der Waals surface area contributed by atoms with Gasteiger partial charge < -0.3 is 4.90 Å². The van der Waals surface area contributed by atoms with Crippen LogP contribution >= 0.6 is 0 Å². The molecule has 2 atom stereocenters. The minimum Gasteiger partial charge on any atom is -0.354 e. The van der Waals surface area contributed by atoms with Crippen LogP contribution in [-0.2, 0) is 0 Å². The van der Waals surface area contributed by atoms with Gasteiger partial charge in [0.2, 0.25) is 0 Å². The van der Waals surface area contributed by atoms with Crippen LogP contribution in [0, 0.1) is 17.7 Å². The molecule has 3 heteroatoms.